The fourth-order valence-electron chi connectivity index (χ4n) is 9.44. The normalized spacial score (nSPS) is 17.0. The van der Waals surface area contributed by atoms with E-state index in [2.05, 4.69) is 61.6 Å². The monoisotopic (exact) mass is 863 g/mol. The number of allylic oxidation sites excluding steroid dienone is 2. The molecule has 2 amide bonds. The average Bonchev–Trinajstić information content (AvgIpc) is 3.30. The summed E-state index contributed by atoms with van der Waals surface area (Å²) in [5.74, 6) is 2.31. The maximum absolute atomic E-state index is 13.9. The molecule has 0 spiro atoms. The molecule has 2 heterocycles. The number of nitrogens with zero attached hydrogens (tertiary/aromatic N) is 1. The summed E-state index contributed by atoms with van der Waals surface area (Å²) >= 11 is 0. The van der Waals surface area contributed by atoms with Gasteiger partial charge in [-0.15, -0.1) is 0 Å². The summed E-state index contributed by atoms with van der Waals surface area (Å²) in [5, 5.41) is 13.5. The summed E-state index contributed by atoms with van der Waals surface area (Å²) in [4.78, 5) is 28.9. The lowest BCUT2D eigenvalue weighted by Gasteiger charge is -2.44. The lowest BCUT2D eigenvalue weighted by Crippen LogP contribution is -2.55. The highest BCUT2D eigenvalue weighted by molar-refractivity contribution is 5.89. The largest absolute Gasteiger partial charge is 0.489 e. The van der Waals surface area contributed by atoms with Crippen molar-refractivity contribution in [2.24, 2.45) is 5.92 Å². The van der Waals surface area contributed by atoms with Crippen molar-refractivity contribution in [2.45, 2.75) is 206 Å². The van der Waals surface area contributed by atoms with E-state index in [0.29, 0.717) is 39.0 Å². The van der Waals surface area contributed by atoms with Crippen molar-refractivity contribution in [1.82, 2.24) is 10.2 Å². The summed E-state index contributed by atoms with van der Waals surface area (Å²) in [6.45, 7) is 6.17. The number of amides is 2. The fraction of sp³-hybridized carbons (Fsp3) is 0.607. The molecule has 7 nitrogen and oxygen atoms in total. The fourth-order valence-corrected chi connectivity index (χ4v) is 9.44. The van der Waals surface area contributed by atoms with E-state index in [0.717, 1.165) is 85.5 Å². The minimum absolute atomic E-state index is 0.0124. The third-order valence-electron chi connectivity index (χ3n) is 13.3. The molecule has 0 saturated carbocycles. The van der Waals surface area contributed by atoms with Crippen LogP contribution in [0.15, 0.2) is 84.9 Å². The molecule has 346 valence electrons. The van der Waals surface area contributed by atoms with Gasteiger partial charge in [-0.1, -0.05) is 189 Å². The molecule has 1 fully saturated rings. The van der Waals surface area contributed by atoms with E-state index in [9.17, 15) is 14.7 Å². The van der Waals surface area contributed by atoms with Crippen molar-refractivity contribution in [3.05, 3.63) is 107 Å². The first-order chi connectivity index (χ1) is 30.9. The number of rotatable bonds is 32. The van der Waals surface area contributed by atoms with Crippen molar-refractivity contribution in [1.29, 1.82) is 0 Å². The zero-order valence-corrected chi connectivity index (χ0v) is 39.2. The molecule has 0 aromatic heterocycles. The molecule has 0 bridgehead atoms. The van der Waals surface area contributed by atoms with Crippen LogP contribution >= 0.6 is 0 Å². The Bertz CT molecular complexity index is 1750. The first-order valence-corrected chi connectivity index (χ1v) is 25.3. The lowest BCUT2D eigenvalue weighted by molar-refractivity contribution is -0.142. The minimum atomic E-state index is -0.471. The molecule has 4 atom stereocenters. The van der Waals surface area contributed by atoms with Gasteiger partial charge in [0.05, 0.1) is 12.1 Å². The summed E-state index contributed by atoms with van der Waals surface area (Å²) in [6.07, 6.45) is 32.2. The second kappa shape index (κ2) is 29.4. The van der Waals surface area contributed by atoms with E-state index >= 15 is 0 Å². The summed E-state index contributed by atoms with van der Waals surface area (Å²) in [5.41, 5.74) is 4.43. The molecule has 7 heteroatoms. The van der Waals surface area contributed by atoms with Gasteiger partial charge in [0.1, 0.15) is 30.8 Å². The number of benzene rings is 3. The first kappa shape index (κ1) is 49.9. The van der Waals surface area contributed by atoms with Crippen LogP contribution < -0.4 is 14.8 Å². The van der Waals surface area contributed by atoms with Crippen LogP contribution in [0.5, 0.6) is 11.5 Å². The number of carbonyl (C=O) groups is 2. The molecule has 1 saturated heterocycles. The Morgan fingerprint density at radius 2 is 1.35 bits per heavy atom. The smallest absolute Gasteiger partial charge is 0.245 e. The number of carbonyl (C=O) groups excluding carboxylic acids is 2. The number of aliphatic hydroxyl groups is 1. The first-order valence-electron chi connectivity index (χ1n) is 25.3. The number of aliphatic hydroxyl groups excluding tert-OH is 1. The molecular weight excluding hydrogens is 781 g/mol. The molecule has 0 unspecified atom stereocenters. The molecule has 2 N–H and O–H groups in total. The molecule has 0 aliphatic carbocycles. The second-order valence-corrected chi connectivity index (χ2v) is 18.7. The van der Waals surface area contributed by atoms with E-state index in [1.807, 2.05) is 47.4 Å². The SMILES string of the molecule is CCCCCCCC[C@@H](C)C/C=C/CC[C@@H](O)CCCCCCCCCCCCC(=O)N[C@H]1CC[C@@H]2c3c(cc(OCc4ccccc4)cc3OCc3ccccc3)CCN2C1=O. The number of nitrogens with one attached hydrogen (secondary N) is 1. The molecule has 3 aromatic carbocycles. The maximum Gasteiger partial charge on any atom is 0.245 e. The van der Waals surface area contributed by atoms with E-state index in [1.165, 1.54) is 95.5 Å². The Morgan fingerprint density at radius 3 is 2.02 bits per heavy atom. The van der Waals surface area contributed by atoms with Crippen molar-refractivity contribution >= 4 is 11.8 Å². The van der Waals surface area contributed by atoms with Gasteiger partial charge in [-0.3, -0.25) is 9.59 Å². The summed E-state index contributed by atoms with van der Waals surface area (Å²) in [6, 6.07) is 23.9. The Labute approximate surface area is 381 Å². The van der Waals surface area contributed by atoms with Crippen LogP contribution in [0.25, 0.3) is 0 Å². The summed E-state index contributed by atoms with van der Waals surface area (Å²) < 4.78 is 12.8. The van der Waals surface area contributed by atoms with Crippen molar-refractivity contribution in [3.8, 4) is 11.5 Å². The molecule has 0 radical (unpaired) electrons. The molecule has 2 aliphatic rings. The van der Waals surface area contributed by atoms with E-state index in [-0.39, 0.29) is 24.0 Å². The number of hydrogen-bond donors (Lipinski definition) is 2. The van der Waals surface area contributed by atoms with Crippen LogP contribution in [-0.2, 0) is 29.2 Å². The minimum Gasteiger partial charge on any atom is -0.489 e. The zero-order valence-electron chi connectivity index (χ0n) is 39.2. The lowest BCUT2D eigenvalue weighted by atomic mass is 9.84. The Kier molecular flexibility index (Phi) is 23.3. The average molecular weight is 863 g/mol. The number of ether oxygens (including phenoxy) is 2. The van der Waals surface area contributed by atoms with Crippen molar-refractivity contribution in [2.75, 3.05) is 6.54 Å². The zero-order chi connectivity index (χ0) is 44.3. The van der Waals surface area contributed by atoms with E-state index < -0.39 is 6.04 Å². The predicted molar refractivity (Wildman–Crippen MR) is 259 cm³/mol. The van der Waals surface area contributed by atoms with Gasteiger partial charge in [-0.2, -0.15) is 0 Å². The summed E-state index contributed by atoms with van der Waals surface area (Å²) in [7, 11) is 0. The topological polar surface area (TPSA) is 88.1 Å². The highest BCUT2D eigenvalue weighted by Gasteiger charge is 2.41. The van der Waals surface area contributed by atoms with Gasteiger partial charge in [0, 0.05) is 24.6 Å². The molecule has 5 rings (SSSR count). The Hall–Kier alpha value is -4.10. The number of unbranched alkanes of at least 4 members (excludes halogenated alkanes) is 14. The van der Waals surface area contributed by atoms with Gasteiger partial charge in [-0.05, 0) is 80.0 Å². The van der Waals surface area contributed by atoms with Gasteiger partial charge in [0.25, 0.3) is 0 Å². The van der Waals surface area contributed by atoms with Gasteiger partial charge in [0.15, 0.2) is 0 Å². The molecule has 2 aliphatic heterocycles. The third kappa shape index (κ3) is 18.5. The highest BCUT2D eigenvalue weighted by Crippen LogP contribution is 2.44. The van der Waals surface area contributed by atoms with Gasteiger partial charge in [0.2, 0.25) is 11.8 Å². The van der Waals surface area contributed by atoms with Gasteiger partial charge < -0.3 is 24.8 Å². The van der Waals surface area contributed by atoms with Crippen molar-refractivity contribution < 1.29 is 24.2 Å². The van der Waals surface area contributed by atoms with Gasteiger partial charge in [-0.25, -0.2) is 0 Å². The van der Waals surface area contributed by atoms with E-state index in [1.54, 1.807) is 0 Å². The quantitative estimate of drug-likeness (QED) is 0.0482. The van der Waals surface area contributed by atoms with Crippen LogP contribution in [0.3, 0.4) is 0 Å². The van der Waals surface area contributed by atoms with Crippen LogP contribution in [0.2, 0.25) is 0 Å². The van der Waals surface area contributed by atoms with Crippen LogP contribution in [0, 0.1) is 5.92 Å². The van der Waals surface area contributed by atoms with Crippen LogP contribution in [-0.4, -0.2) is 40.5 Å². The number of fused-ring (bicyclic) bond motifs is 3. The Morgan fingerprint density at radius 1 is 0.746 bits per heavy atom. The standard InChI is InChI=1S/C56H82N2O5/c1-3-4-5-6-13-19-28-45(2)29-20-16-26-35-49(59)34-25-14-11-9-7-8-10-12-15-27-36-54(60)57-51-37-38-52-55-48(39-40-58(52)56(51)61)41-50(62-43-46-30-21-17-22-31-46)42-53(55)63-44-47-32-23-18-24-33-47/h16-18,20-24,30-33,41-42,45,49,51-52,59H,3-15,19,25-29,34-40,43-44H2,1-2H3,(H,57,60)/b20-16+/t45-,49+,51+,52-/m1/s1. The molecular formula is C56H82N2O5. The Balaban J connectivity index is 0.904. The predicted octanol–water partition coefficient (Wildman–Crippen LogP) is 13.7. The second-order valence-electron chi connectivity index (χ2n) is 18.7. The molecule has 63 heavy (non-hydrogen) atoms. The highest BCUT2D eigenvalue weighted by atomic mass is 16.5. The maximum atomic E-state index is 13.9. The van der Waals surface area contributed by atoms with Crippen molar-refractivity contribution in [3.63, 3.8) is 0 Å². The van der Waals surface area contributed by atoms with E-state index in [4.69, 9.17) is 9.47 Å². The molecule has 3 aromatic rings. The van der Waals surface area contributed by atoms with Gasteiger partial charge >= 0.3 is 0 Å². The third-order valence-corrected chi connectivity index (χ3v) is 13.3. The number of hydrogen-bond acceptors (Lipinski definition) is 5. The number of piperidine rings is 1. The van der Waals surface area contributed by atoms with Crippen LogP contribution in [0.1, 0.15) is 196 Å². The van der Waals surface area contributed by atoms with Crippen LogP contribution in [0.4, 0.5) is 0 Å².